The predicted molar refractivity (Wildman–Crippen MR) is 134 cm³/mol. The van der Waals surface area contributed by atoms with Crippen LogP contribution in [-0.4, -0.2) is 69.9 Å². The minimum absolute atomic E-state index is 0.0269. The highest BCUT2D eigenvalue weighted by Gasteiger charge is 2.37. The highest BCUT2D eigenvalue weighted by atomic mass is 32.2. The molecular weight excluding hydrogens is 469 g/mol. The molecule has 4 rings (SSSR count). The second-order valence-electron chi connectivity index (χ2n) is 9.53. The summed E-state index contributed by atoms with van der Waals surface area (Å²) < 4.78 is 48.1. The molecule has 190 valence electrons. The van der Waals surface area contributed by atoms with Crippen LogP contribution in [0.15, 0.2) is 47.4 Å². The van der Waals surface area contributed by atoms with Crippen molar-refractivity contribution in [3.63, 3.8) is 0 Å². The Labute approximate surface area is 207 Å². The summed E-state index contributed by atoms with van der Waals surface area (Å²) in [5.41, 5.74) is 1.47. The molecule has 1 atom stereocenters. The van der Waals surface area contributed by atoms with Crippen LogP contribution < -0.4 is 9.64 Å². The van der Waals surface area contributed by atoms with Crippen molar-refractivity contribution >= 4 is 21.6 Å². The first-order chi connectivity index (χ1) is 16.7. The Morgan fingerprint density at radius 3 is 2.43 bits per heavy atom. The first-order valence-corrected chi connectivity index (χ1v) is 13.6. The molecule has 2 saturated heterocycles. The molecule has 9 heteroatoms. The maximum Gasteiger partial charge on any atom is 0.246 e. The number of nitrogens with zero attached hydrogens (tertiary/aromatic N) is 3. The predicted octanol–water partition coefficient (Wildman–Crippen LogP) is 3.71. The number of methoxy groups -OCH3 is 1. The third-order valence-corrected chi connectivity index (χ3v) is 8.88. The largest absolute Gasteiger partial charge is 0.495 e. The van der Waals surface area contributed by atoms with Gasteiger partial charge in [0.2, 0.25) is 15.9 Å². The standard InChI is InChI=1S/C26H34FN3O4S/c1-19(2)20-10-11-24(34-3)25(17-20)35(32,33)30-12-6-7-21(18-30)26(31)29-15-13-28(14-16-29)23-9-5-4-8-22(23)27/h4-5,8-11,17,19,21H,6-7,12-16,18H2,1-3H3/t21-/m1/s1. The summed E-state index contributed by atoms with van der Waals surface area (Å²) in [5, 5.41) is 0. The van der Waals surface area contributed by atoms with E-state index in [-0.39, 0.29) is 29.1 Å². The van der Waals surface area contributed by atoms with E-state index >= 15 is 0 Å². The second-order valence-corrected chi connectivity index (χ2v) is 11.4. The van der Waals surface area contributed by atoms with E-state index in [1.54, 1.807) is 35.2 Å². The van der Waals surface area contributed by atoms with Crippen molar-refractivity contribution in [2.75, 3.05) is 51.3 Å². The number of rotatable bonds is 6. The van der Waals surface area contributed by atoms with Gasteiger partial charge in [0.25, 0.3) is 0 Å². The maximum atomic E-state index is 14.1. The number of piperazine rings is 1. The molecule has 0 unspecified atom stereocenters. The second kappa shape index (κ2) is 10.5. The molecule has 2 heterocycles. The van der Waals surface area contributed by atoms with E-state index in [4.69, 9.17) is 4.74 Å². The lowest BCUT2D eigenvalue weighted by atomic mass is 9.97. The lowest BCUT2D eigenvalue weighted by Crippen LogP contribution is -2.53. The lowest BCUT2D eigenvalue weighted by molar-refractivity contribution is -0.137. The van der Waals surface area contributed by atoms with E-state index in [0.29, 0.717) is 57.0 Å². The number of benzene rings is 2. The van der Waals surface area contributed by atoms with Gasteiger partial charge < -0.3 is 14.5 Å². The van der Waals surface area contributed by atoms with Crippen LogP contribution in [0.3, 0.4) is 0 Å². The zero-order chi connectivity index (χ0) is 25.2. The smallest absolute Gasteiger partial charge is 0.246 e. The minimum Gasteiger partial charge on any atom is -0.495 e. The number of carbonyl (C=O) groups excluding carboxylic acids is 1. The Morgan fingerprint density at radius 1 is 1.06 bits per heavy atom. The fourth-order valence-electron chi connectivity index (χ4n) is 4.89. The fraction of sp³-hybridized carbons (Fsp3) is 0.500. The quantitative estimate of drug-likeness (QED) is 0.601. The Kier molecular flexibility index (Phi) is 7.66. The molecule has 7 nitrogen and oxygen atoms in total. The van der Waals surface area contributed by atoms with Gasteiger partial charge >= 0.3 is 0 Å². The van der Waals surface area contributed by atoms with Crippen LogP contribution in [0.1, 0.15) is 38.2 Å². The Morgan fingerprint density at radius 2 is 1.77 bits per heavy atom. The van der Waals surface area contributed by atoms with Crippen LogP contribution >= 0.6 is 0 Å². The normalized spacial score (nSPS) is 19.7. The van der Waals surface area contributed by atoms with E-state index < -0.39 is 15.9 Å². The first kappa shape index (κ1) is 25.4. The van der Waals surface area contributed by atoms with Crippen molar-refractivity contribution in [2.45, 2.75) is 37.5 Å². The number of carbonyl (C=O) groups is 1. The van der Waals surface area contributed by atoms with Gasteiger partial charge in [-0.1, -0.05) is 32.0 Å². The average Bonchev–Trinajstić information content (AvgIpc) is 2.88. The van der Waals surface area contributed by atoms with Gasteiger partial charge in [0.15, 0.2) is 0 Å². The molecule has 2 aromatic rings. The zero-order valence-corrected chi connectivity index (χ0v) is 21.4. The number of anilines is 1. The summed E-state index contributed by atoms with van der Waals surface area (Å²) >= 11 is 0. The molecular formula is C26H34FN3O4S. The van der Waals surface area contributed by atoms with E-state index in [0.717, 1.165) is 5.56 Å². The molecule has 2 aromatic carbocycles. The molecule has 0 N–H and O–H groups in total. The van der Waals surface area contributed by atoms with Gasteiger partial charge in [0.05, 0.1) is 18.7 Å². The molecule has 2 aliphatic heterocycles. The minimum atomic E-state index is -3.82. The summed E-state index contributed by atoms with van der Waals surface area (Å²) in [6, 6.07) is 11.9. The fourth-order valence-corrected chi connectivity index (χ4v) is 6.60. The summed E-state index contributed by atoms with van der Waals surface area (Å²) in [6.45, 7) is 6.62. The van der Waals surface area contributed by atoms with Gasteiger partial charge in [-0.25, -0.2) is 12.8 Å². The third kappa shape index (κ3) is 5.30. The van der Waals surface area contributed by atoms with Crippen molar-refractivity contribution in [3.8, 4) is 5.75 Å². The molecule has 35 heavy (non-hydrogen) atoms. The van der Waals surface area contributed by atoms with Crippen molar-refractivity contribution in [2.24, 2.45) is 5.92 Å². The van der Waals surface area contributed by atoms with Crippen LogP contribution in [0.4, 0.5) is 10.1 Å². The van der Waals surface area contributed by atoms with Crippen LogP contribution in [-0.2, 0) is 14.8 Å². The van der Waals surface area contributed by atoms with Crippen molar-refractivity contribution < 1.29 is 22.3 Å². The van der Waals surface area contributed by atoms with E-state index in [9.17, 15) is 17.6 Å². The highest BCUT2D eigenvalue weighted by molar-refractivity contribution is 7.89. The Balaban J connectivity index is 1.45. The summed E-state index contributed by atoms with van der Waals surface area (Å²) in [6.07, 6.45) is 1.28. The number of piperidine rings is 1. The number of para-hydroxylation sites is 1. The van der Waals surface area contributed by atoms with Gasteiger partial charge in [-0.2, -0.15) is 4.31 Å². The van der Waals surface area contributed by atoms with E-state index in [1.807, 2.05) is 24.8 Å². The number of amides is 1. The zero-order valence-electron chi connectivity index (χ0n) is 20.6. The highest BCUT2D eigenvalue weighted by Crippen LogP contribution is 2.33. The number of ether oxygens (including phenoxy) is 1. The maximum absolute atomic E-state index is 14.1. The lowest BCUT2D eigenvalue weighted by Gasteiger charge is -2.39. The molecule has 0 saturated carbocycles. The van der Waals surface area contributed by atoms with Gasteiger partial charge in [-0.15, -0.1) is 0 Å². The molecule has 0 spiro atoms. The molecule has 1 amide bonds. The molecule has 0 aliphatic carbocycles. The van der Waals surface area contributed by atoms with Crippen LogP contribution in [0.25, 0.3) is 0 Å². The third-order valence-electron chi connectivity index (χ3n) is 6.99. The Hall–Kier alpha value is -2.65. The number of sulfonamides is 1. The topological polar surface area (TPSA) is 70.2 Å². The number of hydrogen-bond acceptors (Lipinski definition) is 5. The molecule has 0 aromatic heterocycles. The monoisotopic (exact) mass is 503 g/mol. The SMILES string of the molecule is COc1ccc(C(C)C)cc1S(=O)(=O)N1CCC[C@@H](C(=O)N2CCN(c3ccccc3F)CC2)C1. The van der Waals surface area contributed by atoms with Crippen LogP contribution in [0, 0.1) is 11.7 Å². The Bertz CT molecular complexity index is 1160. The van der Waals surface area contributed by atoms with Gasteiger partial charge in [0.1, 0.15) is 16.5 Å². The van der Waals surface area contributed by atoms with Gasteiger partial charge in [-0.3, -0.25) is 4.79 Å². The van der Waals surface area contributed by atoms with Crippen molar-refractivity contribution in [3.05, 3.63) is 53.8 Å². The van der Waals surface area contributed by atoms with Crippen molar-refractivity contribution in [1.29, 1.82) is 0 Å². The summed E-state index contributed by atoms with van der Waals surface area (Å²) in [4.78, 5) is 17.2. The molecule has 2 aliphatic rings. The summed E-state index contributed by atoms with van der Waals surface area (Å²) in [7, 11) is -2.35. The average molecular weight is 504 g/mol. The molecule has 2 fully saturated rings. The number of hydrogen-bond donors (Lipinski definition) is 0. The van der Waals surface area contributed by atoms with Crippen LogP contribution in [0.5, 0.6) is 5.75 Å². The molecule has 0 bridgehead atoms. The van der Waals surface area contributed by atoms with Crippen LogP contribution in [0.2, 0.25) is 0 Å². The first-order valence-electron chi connectivity index (χ1n) is 12.2. The van der Waals surface area contributed by atoms with E-state index in [1.165, 1.54) is 17.5 Å². The van der Waals surface area contributed by atoms with E-state index in [2.05, 4.69) is 0 Å². The van der Waals surface area contributed by atoms with Crippen molar-refractivity contribution in [1.82, 2.24) is 9.21 Å². The van der Waals surface area contributed by atoms with Gasteiger partial charge in [0, 0.05) is 39.3 Å². The summed E-state index contributed by atoms with van der Waals surface area (Å²) in [5.74, 6) is -0.197. The van der Waals surface area contributed by atoms with Gasteiger partial charge in [-0.05, 0) is 48.6 Å². The number of halogens is 1. The molecule has 0 radical (unpaired) electrons.